The van der Waals surface area contributed by atoms with Crippen LogP contribution >= 0.6 is 0 Å². The van der Waals surface area contributed by atoms with E-state index >= 15 is 0 Å². The lowest BCUT2D eigenvalue weighted by atomic mass is 9.51. The van der Waals surface area contributed by atoms with Gasteiger partial charge in [0.25, 0.3) is 5.91 Å². The topological polar surface area (TPSA) is 78.9 Å². The van der Waals surface area contributed by atoms with Crippen molar-refractivity contribution in [1.82, 2.24) is 10.2 Å². The minimum atomic E-state index is -0.529. The molecule has 0 bridgehead atoms. The van der Waals surface area contributed by atoms with Crippen molar-refractivity contribution >= 4 is 11.8 Å². The standard InChI is InChI=1S/C28H42N2O4/c1-18(27(33)30-16-6-5-7-17-30)22-12-14-28(3)15-13-23(19(2)24(28)25(22)31)29-26(32)20-8-10-21(34-4)11-9-20/h8-11,18-19,22-25,31H,5-7,12-17H2,1-4H3,(H,29,32)/t18-,19-,22-,23-,24+,25-,28+/m0/s1. The minimum absolute atomic E-state index is 0.00850. The van der Waals surface area contributed by atoms with Gasteiger partial charge in [0.2, 0.25) is 5.91 Å². The Morgan fingerprint density at radius 2 is 1.76 bits per heavy atom. The van der Waals surface area contributed by atoms with Gasteiger partial charge in [-0.2, -0.15) is 0 Å². The molecule has 2 N–H and O–H groups in total. The zero-order valence-corrected chi connectivity index (χ0v) is 21.3. The van der Waals surface area contributed by atoms with Crippen molar-refractivity contribution in [2.75, 3.05) is 20.2 Å². The normalized spacial score (nSPS) is 34.6. The Morgan fingerprint density at radius 1 is 1.12 bits per heavy atom. The molecular weight excluding hydrogens is 428 g/mol. The Labute approximate surface area is 204 Å². The number of aliphatic hydroxyl groups is 1. The van der Waals surface area contributed by atoms with Gasteiger partial charge in [0, 0.05) is 30.6 Å². The molecule has 34 heavy (non-hydrogen) atoms. The van der Waals surface area contributed by atoms with Crippen LogP contribution in [0.5, 0.6) is 5.75 Å². The molecule has 0 unspecified atom stereocenters. The summed E-state index contributed by atoms with van der Waals surface area (Å²) in [6.45, 7) is 8.19. The SMILES string of the molecule is COc1ccc(C(=O)N[C@H]2CC[C@@]3(C)CC[C@@H]([C@H](C)C(=O)N4CCCCC4)[C@H](O)[C@H]3[C@H]2C)cc1. The molecule has 2 amide bonds. The molecule has 3 aliphatic rings. The first-order chi connectivity index (χ1) is 16.2. The molecule has 2 saturated carbocycles. The summed E-state index contributed by atoms with van der Waals surface area (Å²) < 4.78 is 5.20. The second kappa shape index (κ2) is 10.3. The second-order valence-electron chi connectivity index (χ2n) is 11.3. The Bertz CT molecular complexity index is 866. The summed E-state index contributed by atoms with van der Waals surface area (Å²) in [6, 6.07) is 7.17. The maximum absolute atomic E-state index is 13.2. The van der Waals surface area contributed by atoms with Crippen molar-refractivity contribution in [2.24, 2.45) is 29.1 Å². The third-order valence-corrected chi connectivity index (χ3v) is 9.26. The number of carbonyl (C=O) groups is 2. The highest BCUT2D eigenvalue weighted by atomic mass is 16.5. The van der Waals surface area contributed by atoms with E-state index in [1.165, 1.54) is 6.42 Å². The summed E-state index contributed by atoms with van der Waals surface area (Å²) in [4.78, 5) is 28.2. The second-order valence-corrected chi connectivity index (χ2v) is 11.3. The lowest BCUT2D eigenvalue weighted by Crippen LogP contribution is -2.58. The number of piperidine rings is 1. The van der Waals surface area contributed by atoms with Crippen LogP contribution in [-0.2, 0) is 4.79 Å². The number of nitrogens with one attached hydrogen (secondary N) is 1. The number of carbonyl (C=O) groups excluding carboxylic acids is 2. The number of ether oxygens (including phenoxy) is 1. The van der Waals surface area contributed by atoms with E-state index in [2.05, 4.69) is 19.2 Å². The Balaban J connectivity index is 1.45. The van der Waals surface area contributed by atoms with Crippen molar-refractivity contribution < 1.29 is 19.4 Å². The van der Waals surface area contributed by atoms with E-state index in [0.717, 1.165) is 57.4 Å². The molecular formula is C28H42N2O4. The van der Waals surface area contributed by atoms with Gasteiger partial charge in [-0.25, -0.2) is 0 Å². The molecule has 0 radical (unpaired) electrons. The number of hydrogen-bond acceptors (Lipinski definition) is 4. The molecule has 4 rings (SSSR count). The van der Waals surface area contributed by atoms with E-state index in [-0.39, 0.29) is 46.9 Å². The van der Waals surface area contributed by atoms with E-state index in [4.69, 9.17) is 4.74 Å². The number of benzene rings is 1. The van der Waals surface area contributed by atoms with Crippen LogP contribution in [0.4, 0.5) is 0 Å². The molecule has 1 heterocycles. The predicted octanol–water partition coefficient (Wildman–Crippen LogP) is 4.27. The van der Waals surface area contributed by atoms with Crippen molar-refractivity contribution in [1.29, 1.82) is 0 Å². The largest absolute Gasteiger partial charge is 0.497 e. The zero-order chi connectivity index (χ0) is 24.5. The van der Waals surface area contributed by atoms with E-state index in [9.17, 15) is 14.7 Å². The lowest BCUT2D eigenvalue weighted by Gasteiger charge is -2.56. The molecule has 6 nitrogen and oxygen atoms in total. The van der Waals surface area contributed by atoms with Crippen LogP contribution in [0, 0.1) is 29.1 Å². The molecule has 0 aromatic heterocycles. The summed E-state index contributed by atoms with van der Waals surface area (Å²) in [6.07, 6.45) is 6.65. The van der Waals surface area contributed by atoms with Crippen LogP contribution in [-0.4, -0.2) is 54.2 Å². The summed E-state index contributed by atoms with van der Waals surface area (Å²) in [5, 5.41) is 14.9. The van der Waals surface area contributed by atoms with Crippen molar-refractivity contribution in [3.8, 4) is 5.75 Å². The maximum atomic E-state index is 13.2. The van der Waals surface area contributed by atoms with Gasteiger partial charge in [-0.05, 0) is 92.4 Å². The maximum Gasteiger partial charge on any atom is 0.251 e. The van der Waals surface area contributed by atoms with Crippen molar-refractivity contribution in [2.45, 2.75) is 77.9 Å². The van der Waals surface area contributed by atoms with E-state index in [1.54, 1.807) is 31.4 Å². The van der Waals surface area contributed by atoms with Crippen LogP contribution in [0.1, 0.15) is 76.1 Å². The fraction of sp³-hybridized carbons (Fsp3) is 0.714. The molecule has 3 fully saturated rings. The Kier molecular flexibility index (Phi) is 7.56. The van der Waals surface area contributed by atoms with Gasteiger partial charge in [0.15, 0.2) is 0 Å². The number of rotatable bonds is 5. The average molecular weight is 471 g/mol. The Morgan fingerprint density at radius 3 is 2.41 bits per heavy atom. The molecule has 0 spiro atoms. The number of amides is 2. The van der Waals surface area contributed by atoms with Gasteiger partial charge >= 0.3 is 0 Å². The molecule has 188 valence electrons. The predicted molar refractivity (Wildman–Crippen MR) is 133 cm³/mol. The van der Waals surface area contributed by atoms with E-state index < -0.39 is 6.10 Å². The molecule has 6 heteroatoms. The van der Waals surface area contributed by atoms with Gasteiger partial charge in [-0.3, -0.25) is 9.59 Å². The van der Waals surface area contributed by atoms with Crippen LogP contribution in [0.2, 0.25) is 0 Å². The van der Waals surface area contributed by atoms with Gasteiger partial charge in [0.1, 0.15) is 5.75 Å². The first-order valence-electron chi connectivity index (χ1n) is 13.2. The van der Waals surface area contributed by atoms with Crippen LogP contribution < -0.4 is 10.1 Å². The summed E-state index contributed by atoms with van der Waals surface area (Å²) in [7, 11) is 1.61. The van der Waals surface area contributed by atoms with E-state index in [0.29, 0.717) is 5.56 Å². The van der Waals surface area contributed by atoms with Gasteiger partial charge < -0.3 is 20.1 Å². The lowest BCUT2D eigenvalue weighted by molar-refractivity contribution is -0.150. The summed E-state index contributed by atoms with van der Waals surface area (Å²) in [5.74, 6) is 0.862. The van der Waals surface area contributed by atoms with Crippen LogP contribution in [0.25, 0.3) is 0 Å². The summed E-state index contributed by atoms with van der Waals surface area (Å²) >= 11 is 0. The van der Waals surface area contributed by atoms with E-state index in [1.807, 2.05) is 11.8 Å². The van der Waals surface area contributed by atoms with Crippen molar-refractivity contribution in [3.05, 3.63) is 29.8 Å². The summed E-state index contributed by atoms with van der Waals surface area (Å²) in [5.41, 5.74) is 0.661. The van der Waals surface area contributed by atoms with Gasteiger partial charge in [0.05, 0.1) is 13.2 Å². The highest BCUT2D eigenvalue weighted by Gasteiger charge is 2.54. The number of nitrogens with zero attached hydrogens (tertiary/aromatic N) is 1. The monoisotopic (exact) mass is 470 g/mol. The smallest absolute Gasteiger partial charge is 0.251 e. The molecule has 1 aliphatic heterocycles. The Hall–Kier alpha value is -2.08. The third-order valence-electron chi connectivity index (χ3n) is 9.26. The van der Waals surface area contributed by atoms with Crippen LogP contribution in [0.3, 0.4) is 0 Å². The van der Waals surface area contributed by atoms with Gasteiger partial charge in [-0.1, -0.05) is 20.8 Å². The highest BCUT2D eigenvalue weighted by Crippen LogP contribution is 2.55. The number of hydrogen-bond donors (Lipinski definition) is 2. The molecule has 1 aromatic rings. The fourth-order valence-corrected chi connectivity index (χ4v) is 7.08. The fourth-order valence-electron chi connectivity index (χ4n) is 7.08. The van der Waals surface area contributed by atoms with Gasteiger partial charge in [-0.15, -0.1) is 0 Å². The zero-order valence-electron chi connectivity index (χ0n) is 21.3. The first kappa shape index (κ1) is 25.0. The molecule has 1 aromatic carbocycles. The molecule has 1 saturated heterocycles. The third kappa shape index (κ3) is 4.84. The number of methoxy groups -OCH3 is 1. The minimum Gasteiger partial charge on any atom is -0.497 e. The quantitative estimate of drug-likeness (QED) is 0.674. The number of fused-ring (bicyclic) bond motifs is 1. The molecule has 7 atom stereocenters. The molecule has 2 aliphatic carbocycles. The number of aliphatic hydroxyl groups excluding tert-OH is 1. The highest BCUT2D eigenvalue weighted by molar-refractivity contribution is 5.94. The van der Waals surface area contributed by atoms with Crippen molar-refractivity contribution in [3.63, 3.8) is 0 Å². The number of likely N-dealkylation sites (tertiary alicyclic amines) is 1. The van der Waals surface area contributed by atoms with Crippen LogP contribution in [0.15, 0.2) is 24.3 Å². The first-order valence-corrected chi connectivity index (χ1v) is 13.2. The average Bonchev–Trinajstić information content (AvgIpc) is 2.85.